The summed E-state index contributed by atoms with van der Waals surface area (Å²) < 4.78 is 54.0. The van der Waals surface area contributed by atoms with Gasteiger partial charge in [0.05, 0.1) is 12.1 Å². The van der Waals surface area contributed by atoms with Gasteiger partial charge in [-0.3, -0.25) is 0 Å². The highest BCUT2D eigenvalue weighted by molar-refractivity contribution is 7.98. The van der Waals surface area contributed by atoms with Crippen molar-refractivity contribution in [2.24, 2.45) is 0 Å². The van der Waals surface area contributed by atoms with E-state index in [1.54, 1.807) is 24.3 Å². The Balaban J connectivity index is 1.57. The zero-order valence-corrected chi connectivity index (χ0v) is 15.6. The first-order valence-corrected chi connectivity index (χ1v) is 9.47. The van der Waals surface area contributed by atoms with Crippen LogP contribution in [-0.2, 0) is 18.5 Å². The SMILES string of the molecule is Fc1ccccc1Cn1nnc2c(SCc3cccc(C(F)(F)F)c3)ncnc21. The smallest absolute Gasteiger partial charge is 0.227 e. The number of halogens is 4. The van der Waals surface area contributed by atoms with E-state index in [-0.39, 0.29) is 18.1 Å². The van der Waals surface area contributed by atoms with Gasteiger partial charge >= 0.3 is 6.18 Å². The number of rotatable bonds is 5. The molecular formula is C19H13F4N5S. The van der Waals surface area contributed by atoms with Crippen molar-refractivity contribution in [3.63, 3.8) is 0 Å². The summed E-state index contributed by atoms with van der Waals surface area (Å²) in [5.41, 5.74) is 1.10. The minimum atomic E-state index is -4.39. The van der Waals surface area contributed by atoms with Crippen LogP contribution in [0.1, 0.15) is 16.7 Å². The Morgan fingerprint density at radius 1 is 1.00 bits per heavy atom. The number of alkyl halides is 3. The average molecular weight is 419 g/mol. The third kappa shape index (κ3) is 4.21. The normalized spacial score (nSPS) is 11.9. The summed E-state index contributed by atoms with van der Waals surface area (Å²) in [5, 5.41) is 8.60. The molecule has 0 unspecified atom stereocenters. The molecule has 0 fully saturated rings. The van der Waals surface area contributed by atoms with Crippen LogP contribution in [0.15, 0.2) is 59.9 Å². The van der Waals surface area contributed by atoms with Crippen molar-refractivity contribution < 1.29 is 17.6 Å². The summed E-state index contributed by atoms with van der Waals surface area (Å²) in [6.07, 6.45) is -3.06. The molecular weight excluding hydrogens is 406 g/mol. The molecule has 0 bridgehead atoms. The molecule has 0 saturated carbocycles. The summed E-state index contributed by atoms with van der Waals surface area (Å²) >= 11 is 1.24. The third-order valence-electron chi connectivity index (χ3n) is 4.17. The van der Waals surface area contributed by atoms with Crippen LogP contribution in [0.5, 0.6) is 0 Å². The van der Waals surface area contributed by atoms with Crippen LogP contribution in [0.25, 0.3) is 11.2 Å². The maximum atomic E-state index is 13.9. The topological polar surface area (TPSA) is 56.5 Å². The highest BCUT2D eigenvalue weighted by Crippen LogP contribution is 2.31. The standard InChI is InChI=1S/C19H13F4N5S/c20-15-7-2-1-5-13(15)9-28-17-16(26-27-28)18(25-11-24-17)29-10-12-4-3-6-14(8-12)19(21,22)23/h1-8,11H,9-10H2. The maximum Gasteiger partial charge on any atom is 0.416 e. The largest absolute Gasteiger partial charge is 0.416 e. The Labute approximate surface area is 166 Å². The van der Waals surface area contributed by atoms with E-state index in [1.807, 2.05) is 0 Å². The minimum absolute atomic E-state index is 0.151. The molecule has 2 heterocycles. The highest BCUT2D eigenvalue weighted by Gasteiger charge is 2.30. The first kappa shape index (κ1) is 19.3. The second-order valence-electron chi connectivity index (χ2n) is 6.18. The molecule has 5 nitrogen and oxygen atoms in total. The quantitative estimate of drug-likeness (QED) is 0.266. The lowest BCUT2D eigenvalue weighted by molar-refractivity contribution is -0.137. The molecule has 0 aliphatic heterocycles. The molecule has 0 N–H and O–H groups in total. The van der Waals surface area contributed by atoms with Crippen LogP contribution in [0.2, 0.25) is 0 Å². The van der Waals surface area contributed by atoms with Gasteiger partial charge in [-0.15, -0.1) is 5.10 Å². The van der Waals surface area contributed by atoms with Gasteiger partial charge < -0.3 is 0 Å². The summed E-state index contributed by atoms with van der Waals surface area (Å²) in [4.78, 5) is 8.34. The van der Waals surface area contributed by atoms with Crippen LogP contribution in [-0.4, -0.2) is 25.0 Å². The molecule has 0 amide bonds. The van der Waals surface area contributed by atoms with Crippen molar-refractivity contribution in [3.8, 4) is 0 Å². The zero-order chi connectivity index (χ0) is 20.4. The van der Waals surface area contributed by atoms with E-state index in [1.165, 1.54) is 34.9 Å². The van der Waals surface area contributed by atoms with Gasteiger partial charge in [0.15, 0.2) is 11.2 Å². The van der Waals surface area contributed by atoms with E-state index in [0.29, 0.717) is 27.3 Å². The lowest BCUT2D eigenvalue weighted by atomic mass is 10.1. The Morgan fingerprint density at radius 3 is 2.62 bits per heavy atom. The van der Waals surface area contributed by atoms with Gasteiger partial charge in [0, 0.05) is 11.3 Å². The van der Waals surface area contributed by atoms with Gasteiger partial charge in [-0.05, 0) is 17.7 Å². The van der Waals surface area contributed by atoms with Gasteiger partial charge in [-0.1, -0.05) is 53.4 Å². The fourth-order valence-corrected chi connectivity index (χ4v) is 3.63. The molecule has 148 valence electrons. The summed E-state index contributed by atoms with van der Waals surface area (Å²) in [6, 6.07) is 11.5. The van der Waals surface area contributed by atoms with Crippen molar-refractivity contribution in [3.05, 3.63) is 77.4 Å². The second-order valence-corrected chi connectivity index (χ2v) is 7.14. The third-order valence-corrected chi connectivity index (χ3v) is 5.22. The van der Waals surface area contributed by atoms with Crippen molar-refractivity contribution >= 4 is 22.9 Å². The number of benzene rings is 2. The number of nitrogens with zero attached hydrogens (tertiary/aromatic N) is 5. The Bertz CT molecular complexity index is 1160. The van der Waals surface area contributed by atoms with E-state index >= 15 is 0 Å². The Morgan fingerprint density at radius 2 is 1.83 bits per heavy atom. The van der Waals surface area contributed by atoms with Gasteiger partial charge in [0.1, 0.15) is 17.2 Å². The van der Waals surface area contributed by atoms with Crippen LogP contribution in [0, 0.1) is 5.82 Å². The van der Waals surface area contributed by atoms with Crippen molar-refractivity contribution in [2.75, 3.05) is 0 Å². The molecule has 0 atom stereocenters. The molecule has 10 heteroatoms. The fourth-order valence-electron chi connectivity index (χ4n) is 2.76. The van der Waals surface area contributed by atoms with E-state index in [4.69, 9.17) is 0 Å². The first-order valence-electron chi connectivity index (χ1n) is 8.48. The molecule has 4 rings (SSSR count). The fraction of sp³-hybridized carbons (Fsp3) is 0.158. The molecule has 2 aromatic heterocycles. The molecule has 0 radical (unpaired) electrons. The lowest BCUT2D eigenvalue weighted by Gasteiger charge is -2.08. The van der Waals surface area contributed by atoms with E-state index < -0.39 is 11.7 Å². The van der Waals surface area contributed by atoms with Crippen LogP contribution < -0.4 is 0 Å². The van der Waals surface area contributed by atoms with Crippen LogP contribution in [0.3, 0.4) is 0 Å². The van der Waals surface area contributed by atoms with Gasteiger partial charge in [-0.25, -0.2) is 19.0 Å². The van der Waals surface area contributed by atoms with E-state index in [2.05, 4.69) is 20.3 Å². The minimum Gasteiger partial charge on any atom is -0.227 e. The Hall–Kier alpha value is -3.01. The van der Waals surface area contributed by atoms with Crippen LogP contribution >= 0.6 is 11.8 Å². The number of aromatic nitrogens is 5. The molecule has 0 aliphatic rings. The average Bonchev–Trinajstić information content (AvgIpc) is 3.11. The highest BCUT2D eigenvalue weighted by atomic mass is 32.2. The Kier molecular flexibility index (Phi) is 5.18. The zero-order valence-electron chi connectivity index (χ0n) is 14.8. The summed E-state index contributed by atoms with van der Waals surface area (Å²) in [6.45, 7) is 0.151. The van der Waals surface area contributed by atoms with E-state index in [0.717, 1.165) is 12.1 Å². The first-order chi connectivity index (χ1) is 13.9. The number of hydrogen-bond donors (Lipinski definition) is 0. The monoisotopic (exact) mass is 419 g/mol. The second kappa shape index (κ2) is 7.78. The molecule has 29 heavy (non-hydrogen) atoms. The summed E-state index contributed by atoms with van der Waals surface area (Å²) in [5.74, 6) is -0.0831. The number of thioether (sulfide) groups is 1. The molecule has 2 aromatic carbocycles. The van der Waals surface area contributed by atoms with Crippen molar-refractivity contribution in [2.45, 2.75) is 23.5 Å². The van der Waals surface area contributed by atoms with Crippen molar-refractivity contribution in [1.29, 1.82) is 0 Å². The van der Waals surface area contributed by atoms with Crippen LogP contribution in [0.4, 0.5) is 17.6 Å². The van der Waals surface area contributed by atoms with E-state index in [9.17, 15) is 17.6 Å². The summed E-state index contributed by atoms with van der Waals surface area (Å²) in [7, 11) is 0. The van der Waals surface area contributed by atoms with Gasteiger partial charge in [0.2, 0.25) is 0 Å². The number of fused-ring (bicyclic) bond motifs is 1. The molecule has 0 spiro atoms. The molecule has 4 aromatic rings. The predicted molar refractivity (Wildman–Crippen MR) is 99.6 cm³/mol. The molecule has 0 saturated heterocycles. The predicted octanol–water partition coefficient (Wildman–Crippen LogP) is 4.72. The lowest BCUT2D eigenvalue weighted by Crippen LogP contribution is -2.05. The van der Waals surface area contributed by atoms with Crippen molar-refractivity contribution in [1.82, 2.24) is 25.0 Å². The van der Waals surface area contributed by atoms with Gasteiger partial charge in [-0.2, -0.15) is 13.2 Å². The maximum absolute atomic E-state index is 13.9. The number of hydrogen-bond acceptors (Lipinski definition) is 5. The molecule has 0 aliphatic carbocycles. The van der Waals surface area contributed by atoms with Gasteiger partial charge in [0.25, 0.3) is 0 Å².